The summed E-state index contributed by atoms with van der Waals surface area (Å²) in [5.41, 5.74) is 5.59. The molecule has 1 aliphatic rings. The summed E-state index contributed by atoms with van der Waals surface area (Å²) in [7, 11) is 0. The summed E-state index contributed by atoms with van der Waals surface area (Å²) in [6.07, 6.45) is 2.05. The molecule has 5 nitrogen and oxygen atoms in total. The maximum absolute atomic E-state index is 11.6. The number of carboxylic acids is 1. The van der Waals surface area contributed by atoms with Gasteiger partial charge in [0.15, 0.2) is 0 Å². The number of nitrogens with zero attached hydrogens (tertiary/aromatic N) is 1. The molecule has 114 valence electrons. The van der Waals surface area contributed by atoms with Crippen molar-refractivity contribution in [3.8, 4) is 0 Å². The lowest BCUT2D eigenvalue weighted by Crippen LogP contribution is -2.47. The number of hydrogen-bond donors (Lipinski definition) is 2. The summed E-state index contributed by atoms with van der Waals surface area (Å²) in [5.74, 6) is -1.30. The van der Waals surface area contributed by atoms with Gasteiger partial charge in [0, 0.05) is 18.7 Å². The van der Waals surface area contributed by atoms with Crippen molar-refractivity contribution in [1.82, 2.24) is 0 Å². The number of piperidine rings is 1. The molecule has 1 amide bonds. The van der Waals surface area contributed by atoms with E-state index in [-0.39, 0.29) is 0 Å². The molecule has 0 aliphatic carbocycles. The lowest BCUT2D eigenvalue weighted by molar-refractivity contribution is -0.149. The zero-order chi connectivity index (χ0) is 15.6. The van der Waals surface area contributed by atoms with Crippen molar-refractivity contribution in [2.45, 2.75) is 26.2 Å². The number of carboxylic acid groups (broad SMARTS) is 1. The summed E-state index contributed by atoms with van der Waals surface area (Å²) in [4.78, 5) is 24.7. The molecule has 0 aromatic heterocycles. The van der Waals surface area contributed by atoms with Gasteiger partial charge in [-0.05, 0) is 37.5 Å². The van der Waals surface area contributed by atoms with Crippen LogP contribution in [-0.4, -0.2) is 30.1 Å². The lowest BCUT2D eigenvalue weighted by atomic mass is 9.77. The second kappa shape index (κ2) is 5.93. The Morgan fingerprint density at radius 3 is 2.71 bits per heavy atom. The highest BCUT2D eigenvalue weighted by Crippen LogP contribution is 2.38. The molecule has 1 aliphatic heterocycles. The van der Waals surface area contributed by atoms with Gasteiger partial charge in [-0.1, -0.05) is 18.5 Å². The SMILES string of the molecule is CCC1(C(=O)O)CCCN(c2ccc(C(N)=O)cc2Cl)C1. The third-order valence-electron chi connectivity index (χ3n) is 4.28. The van der Waals surface area contributed by atoms with Crippen molar-refractivity contribution in [2.24, 2.45) is 11.1 Å². The molecule has 2 rings (SSSR count). The van der Waals surface area contributed by atoms with Crippen molar-refractivity contribution < 1.29 is 14.7 Å². The number of hydrogen-bond acceptors (Lipinski definition) is 3. The van der Waals surface area contributed by atoms with E-state index in [4.69, 9.17) is 17.3 Å². The molecule has 1 aromatic carbocycles. The molecular formula is C15H19ClN2O3. The van der Waals surface area contributed by atoms with Crippen LogP contribution in [0.15, 0.2) is 18.2 Å². The van der Waals surface area contributed by atoms with Gasteiger partial charge in [0.2, 0.25) is 5.91 Å². The number of carbonyl (C=O) groups excluding carboxylic acids is 1. The largest absolute Gasteiger partial charge is 0.481 e. The highest BCUT2D eigenvalue weighted by Gasteiger charge is 2.41. The zero-order valence-corrected chi connectivity index (χ0v) is 12.7. The predicted octanol–water partition coefficient (Wildman–Crippen LogP) is 2.52. The van der Waals surface area contributed by atoms with Gasteiger partial charge < -0.3 is 15.7 Å². The molecule has 1 atom stereocenters. The van der Waals surface area contributed by atoms with Crippen LogP contribution in [0.2, 0.25) is 5.02 Å². The summed E-state index contributed by atoms with van der Waals surface area (Å²) >= 11 is 6.23. The highest BCUT2D eigenvalue weighted by molar-refractivity contribution is 6.33. The summed E-state index contributed by atoms with van der Waals surface area (Å²) in [5, 5.41) is 9.94. The Labute approximate surface area is 128 Å². The average molecular weight is 311 g/mol. The van der Waals surface area contributed by atoms with E-state index in [0.717, 1.165) is 18.7 Å². The second-order valence-corrected chi connectivity index (χ2v) is 5.90. The van der Waals surface area contributed by atoms with E-state index in [1.807, 2.05) is 11.8 Å². The number of benzene rings is 1. The van der Waals surface area contributed by atoms with Crippen LogP contribution < -0.4 is 10.6 Å². The van der Waals surface area contributed by atoms with Gasteiger partial charge in [-0.15, -0.1) is 0 Å². The minimum Gasteiger partial charge on any atom is -0.481 e. The van der Waals surface area contributed by atoms with Crippen LogP contribution in [-0.2, 0) is 4.79 Å². The van der Waals surface area contributed by atoms with Crippen LogP contribution in [0.25, 0.3) is 0 Å². The number of amides is 1. The topological polar surface area (TPSA) is 83.6 Å². The quantitative estimate of drug-likeness (QED) is 0.895. The lowest BCUT2D eigenvalue weighted by Gasteiger charge is -2.41. The highest BCUT2D eigenvalue weighted by atomic mass is 35.5. The molecule has 1 heterocycles. The average Bonchev–Trinajstić information content (AvgIpc) is 2.46. The number of nitrogens with two attached hydrogens (primary N) is 1. The van der Waals surface area contributed by atoms with E-state index in [2.05, 4.69) is 0 Å². The fraction of sp³-hybridized carbons (Fsp3) is 0.467. The fourth-order valence-electron chi connectivity index (χ4n) is 2.87. The number of anilines is 1. The first-order chi connectivity index (χ1) is 9.89. The summed E-state index contributed by atoms with van der Waals surface area (Å²) in [6.45, 7) is 3.08. The molecule has 0 radical (unpaired) electrons. The molecule has 0 saturated carbocycles. The molecule has 0 spiro atoms. The smallest absolute Gasteiger partial charge is 0.311 e. The number of rotatable bonds is 4. The first-order valence-corrected chi connectivity index (χ1v) is 7.35. The number of aliphatic carboxylic acids is 1. The van der Waals surface area contributed by atoms with E-state index in [1.165, 1.54) is 6.07 Å². The maximum atomic E-state index is 11.6. The standard InChI is InChI=1S/C15H19ClN2O3/c1-2-15(14(20)21)6-3-7-18(9-15)12-5-4-10(13(17)19)8-11(12)16/h4-5,8H,2-3,6-7,9H2,1H3,(H2,17,19)(H,20,21). The number of carbonyl (C=O) groups is 2. The Balaban J connectivity index is 2.30. The monoisotopic (exact) mass is 310 g/mol. The number of primary amides is 1. The van der Waals surface area contributed by atoms with E-state index in [1.54, 1.807) is 12.1 Å². The Kier molecular flexibility index (Phi) is 4.42. The van der Waals surface area contributed by atoms with Crippen molar-refractivity contribution in [1.29, 1.82) is 0 Å². The van der Waals surface area contributed by atoms with Crippen LogP contribution in [0.1, 0.15) is 36.5 Å². The van der Waals surface area contributed by atoms with Crippen LogP contribution >= 0.6 is 11.6 Å². The Hall–Kier alpha value is -1.75. The van der Waals surface area contributed by atoms with Crippen molar-refractivity contribution in [3.05, 3.63) is 28.8 Å². The van der Waals surface area contributed by atoms with Crippen molar-refractivity contribution in [3.63, 3.8) is 0 Å². The molecule has 1 fully saturated rings. The molecule has 1 saturated heterocycles. The van der Waals surface area contributed by atoms with Gasteiger partial charge in [-0.2, -0.15) is 0 Å². The van der Waals surface area contributed by atoms with E-state index in [0.29, 0.717) is 30.0 Å². The molecule has 0 bridgehead atoms. The van der Waals surface area contributed by atoms with Gasteiger partial charge in [-0.25, -0.2) is 0 Å². The van der Waals surface area contributed by atoms with Crippen LogP contribution in [0.5, 0.6) is 0 Å². The van der Waals surface area contributed by atoms with Crippen molar-refractivity contribution >= 4 is 29.2 Å². The molecule has 1 unspecified atom stereocenters. The Morgan fingerprint density at radius 2 is 2.19 bits per heavy atom. The van der Waals surface area contributed by atoms with E-state index in [9.17, 15) is 14.7 Å². The summed E-state index contributed by atoms with van der Waals surface area (Å²) < 4.78 is 0. The minimum atomic E-state index is -0.764. The Bertz CT molecular complexity index is 576. The third-order valence-corrected chi connectivity index (χ3v) is 4.58. The van der Waals surface area contributed by atoms with Crippen molar-refractivity contribution in [2.75, 3.05) is 18.0 Å². The van der Waals surface area contributed by atoms with Gasteiger partial charge in [0.05, 0.1) is 16.1 Å². The maximum Gasteiger partial charge on any atom is 0.311 e. The van der Waals surface area contributed by atoms with Crippen LogP contribution in [0.3, 0.4) is 0 Å². The normalized spacial score (nSPS) is 22.1. The summed E-state index contributed by atoms with van der Waals surface area (Å²) in [6, 6.07) is 4.88. The first-order valence-electron chi connectivity index (χ1n) is 6.97. The second-order valence-electron chi connectivity index (χ2n) is 5.49. The van der Waals surface area contributed by atoms with Crippen LogP contribution in [0, 0.1) is 5.41 Å². The van der Waals surface area contributed by atoms with E-state index < -0.39 is 17.3 Å². The van der Waals surface area contributed by atoms with E-state index >= 15 is 0 Å². The third kappa shape index (κ3) is 2.97. The predicted molar refractivity (Wildman–Crippen MR) is 81.8 cm³/mol. The molecule has 3 N–H and O–H groups in total. The van der Waals surface area contributed by atoms with Gasteiger partial charge in [-0.3, -0.25) is 9.59 Å². The fourth-order valence-corrected chi connectivity index (χ4v) is 3.17. The molecular weight excluding hydrogens is 292 g/mol. The number of halogens is 1. The van der Waals surface area contributed by atoms with Gasteiger partial charge in [0.25, 0.3) is 0 Å². The molecule has 1 aromatic rings. The molecule has 6 heteroatoms. The minimum absolute atomic E-state index is 0.348. The Morgan fingerprint density at radius 1 is 1.48 bits per heavy atom. The zero-order valence-electron chi connectivity index (χ0n) is 11.9. The van der Waals surface area contributed by atoms with Gasteiger partial charge >= 0.3 is 5.97 Å². The first kappa shape index (κ1) is 15.6. The molecule has 21 heavy (non-hydrogen) atoms. The van der Waals surface area contributed by atoms with Crippen LogP contribution in [0.4, 0.5) is 5.69 Å². The van der Waals surface area contributed by atoms with Gasteiger partial charge in [0.1, 0.15) is 0 Å².